The molecule has 0 aromatic carbocycles. The van der Waals surface area contributed by atoms with Crippen LogP contribution in [-0.4, -0.2) is 96.3 Å². The maximum Gasteiger partial charge on any atom is 0.193 e. The summed E-state index contributed by atoms with van der Waals surface area (Å²) in [6.07, 6.45) is 1.27. The second-order valence-electron chi connectivity index (χ2n) is 7.56. The van der Waals surface area contributed by atoms with Crippen LogP contribution < -0.4 is 5.32 Å². The van der Waals surface area contributed by atoms with Crippen LogP contribution in [0.4, 0.5) is 0 Å². The summed E-state index contributed by atoms with van der Waals surface area (Å²) < 4.78 is 5.87. The number of hydrogen-bond acceptors (Lipinski definition) is 5. The molecule has 3 aliphatic heterocycles. The second-order valence-corrected chi connectivity index (χ2v) is 10.5. The number of ether oxygens (including phenoxy) is 1. The van der Waals surface area contributed by atoms with Gasteiger partial charge in [0, 0.05) is 61.6 Å². The van der Waals surface area contributed by atoms with Crippen molar-refractivity contribution in [2.75, 3.05) is 70.2 Å². The van der Waals surface area contributed by atoms with Gasteiger partial charge in [-0.1, -0.05) is 0 Å². The molecule has 3 aliphatic rings. The highest BCUT2D eigenvalue weighted by Crippen LogP contribution is 2.34. The summed E-state index contributed by atoms with van der Waals surface area (Å²) in [5.41, 5.74) is 0.268. The van der Waals surface area contributed by atoms with Gasteiger partial charge in [-0.2, -0.15) is 23.5 Å². The van der Waals surface area contributed by atoms with Crippen molar-refractivity contribution in [3.63, 3.8) is 0 Å². The molecule has 0 aliphatic carbocycles. The van der Waals surface area contributed by atoms with E-state index in [-0.39, 0.29) is 5.54 Å². The number of nitrogens with one attached hydrogen (secondary N) is 1. The lowest BCUT2D eigenvalue weighted by molar-refractivity contribution is -0.0121. The monoisotopic (exact) mass is 372 g/mol. The molecule has 0 aromatic rings. The summed E-state index contributed by atoms with van der Waals surface area (Å²) >= 11 is 4.16. The van der Waals surface area contributed by atoms with Gasteiger partial charge < -0.3 is 15.0 Å². The zero-order chi connectivity index (χ0) is 17.0. The number of rotatable bonds is 3. The lowest BCUT2D eigenvalue weighted by Crippen LogP contribution is -2.61. The van der Waals surface area contributed by atoms with Crippen LogP contribution in [0.1, 0.15) is 20.3 Å². The predicted molar refractivity (Wildman–Crippen MR) is 107 cm³/mol. The van der Waals surface area contributed by atoms with Crippen molar-refractivity contribution < 1.29 is 4.74 Å². The van der Waals surface area contributed by atoms with Crippen LogP contribution in [0.5, 0.6) is 0 Å². The summed E-state index contributed by atoms with van der Waals surface area (Å²) in [7, 11) is 1.92. The molecule has 0 amide bonds. The highest BCUT2D eigenvalue weighted by atomic mass is 32.2. The first kappa shape index (κ1) is 18.7. The summed E-state index contributed by atoms with van der Waals surface area (Å²) in [6, 6.07) is 0. The average molecular weight is 373 g/mol. The van der Waals surface area contributed by atoms with E-state index in [2.05, 4.69) is 57.5 Å². The Kier molecular flexibility index (Phi) is 6.27. The number of guanidine groups is 1. The lowest BCUT2D eigenvalue weighted by atomic mass is 9.95. The maximum absolute atomic E-state index is 5.57. The average Bonchev–Trinajstić information content (AvgIpc) is 3.06. The molecule has 5 nitrogen and oxygen atoms in total. The number of aliphatic imine (C=N–C) groups is 1. The van der Waals surface area contributed by atoms with Gasteiger partial charge in [-0.25, -0.2) is 0 Å². The first-order valence-corrected chi connectivity index (χ1v) is 11.2. The van der Waals surface area contributed by atoms with Crippen molar-refractivity contribution in [1.29, 1.82) is 0 Å². The van der Waals surface area contributed by atoms with Crippen LogP contribution in [-0.2, 0) is 4.74 Å². The van der Waals surface area contributed by atoms with Gasteiger partial charge in [-0.3, -0.25) is 9.89 Å². The Bertz CT molecular complexity index is 446. The van der Waals surface area contributed by atoms with Gasteiger partial charge in [0.15, 0.2) is 5.96 Å². The predicted octanol–water partition coefficient (Wildman–Crippen LogP) is 1.60. The molecule has 1 unspecified atom stereocenters. The molecule has 3 rings (SSSR count). The van der Waals surface area contributed by atoms with Crippen molar-refractivity contribution >= 4 is 29.5 Å². The molecule has 7 heteroatoms. The van der Waals surface area contributed by atoms with Gasteiger partial charge in [0.2, 0.25) is 0 Å². The Balaban J connectivity index is 1.62. The molecule has 0 aromatic heterocycles. The molecule has 1 N–H and O–H groups in total. The Hall–Kier alpha value is -0.110. The van der Waals surface area contributed by atoms with E-state index in [0.717, 1.165) is 51.9 Å². The molecule has 0 radical (unpaired) electrons. The number of morpholine rings is 1. The van der Waals surface area contributed by atoms with Crippen LogP contribution in [0, 0.1) is 0 Å². The summed E-state index contributed by atoms with van der Waals surface area (Å²) in [4.78, 5) is 9.68. The van der Waals surface area contributed by atoms with Gasteiger partial charge in [-0.15, -0.1) is 0 Å². The molecule has 0 bridgehead atoms. The molecular formula is C17H32N4OS2. The third kappa shape index (κ3) is 4.34. The normalized spacial score (nSPS) is 32.1. The van der Waals surface area contributed by atoms with Crippen molar-refractivity contribution in [2.24, 2.45) is 4.99 Å². The van der Waals surface area contributed by atoms with Crippen LogP contribution in [0.15, 0.2) is 4.99 Å². The molecule has 138 valence electrons. The van der Waals surface area contributed by atoms with Crippen LogP contribution >= 0.6 is 23.5 Å². The molecule has 0 saturated carbocycles. The van der Waals surface area contributed by atoms with Crippen molar-refractivity contribution in [3.05, 3.63) is 0 Å². The minimum atomic E-state index is 0.268. The third-order valence-electron chi connectivity index (χ3n) is 5.28. The summed E-state index contributed by atoms with van der Waals surface area (Å²) in [5.74, 6) is 4.74. The van der Waals surface area contributed by atoms with E-state index in [9.17, 15) is 0 Å². The Morgan fingerprint density at radius 2 is 2.00 bits per heavy atom. The fourth-order valence-corrected chi connectivity index (χ4v) is 6.50. The van der Waals surface area contributed by atoms with Gasteiger partial charge >= 0.3 is 0 Å². The molecule has 3 saturated heterocycles. The first-order valence-electron chi connectivity index (χ1n) is 9.05. The van der Waals surface area contributed by atoms with E-state index in [1.807, 2.05) is 7.05 Å². The molecular weight excluding hydrogens is 340 g/mol. The zero-order valence-electron chi connectivity index (χ0n) is 15.3. The van der Waals surface area contributed by atoms with E-state index in [0.29, 0.717) is 4.75 Å². The summed E-state index contributed by atoms with van der Waals surface area (Å²) in [5, 5.41) is 3.73. The van der Waals surface area contributed by atoms with E-state index in [1.165, 1.54) is 23.7 Å². The molecule has 1 atom stereocenters. The molecule has 3 fully saturated rings. The van der Waals surface area contributed by atoms with E-state index >= 15 is 0 Å². The smallest absolute Gasteiger partial charge is 0.193 e. The van der Waals surface area contributed by atoms with E-state index < -0.39 is 0 Å². The quantitative estimate of drug-likeness (QED) is 0.599. The third-order valence-corrected chi connectivity index (χ3v) is 7.81. The highest BCUT2D eigenvalue weighted by Gasteiger charge is 2.41. The van der Waals surface area contributed by atoms with Crippen molar-refractivity contribution in [1.82, 2.24) is 15.1 Å². The Morgan fingerprint density at radius 3 is 2.62 bits per heavy atom. The molecule has 24 heavy (non-hydrogen) atoms. The number of hydrogen-bond donors (Lipinski definition) is 1. The fourth-order valence-electron chi connectivity index (χ4n) is 3.91. The van der Waals surface area contributed by atoms with Gasteiger partial charge in [0.05, 0.1) is 13.2 Å². The first-order chi connectivity index (χ1) is 11.5. The zero-order valence-corrected chi connectivity index (χ0v) is 17.0. The largest absolute Gasteiger partial charge is 0.379 e. The standard InChI is InChI=1S/C17H32N4OS2/c1-16(2)13-20(7-11-24-16)15(18-3)19-12-17(4-10-23-14-17)21-5-8-22-9-6-21/h4-14H2,1-3H3,(H,18,19). The maximum atomic E-state index is 5.57. The highest BCUT2D eigenvalue weighted by molar-refractivity contribution is 8.00. The fraction of sp³-hybridized carbons (Fsp3) is 0.941. The van der Waals surface area contributed by atoms with E-state index in [4.69, 9.17) is 4.74 Å². The van der Waals surface area contributed by atoms with E-state index in [1.54, 1.807) is 0 Å². The van der Waals surface area contributed by atoms with Crippen LogP contribution in [0.3, 0.4) is 0 Å². The second kappa shape index (κ2) is 8.06. The van der Waals surface area contributed by atoms with Crippen molar-refractivity contribution in [2.45, 2.75) is 30.6 Å². The number of thioether (sulfide) groups is 2. The number of nitrogens with zero attached hydrogens (tertiary/aromatic N) is 3. The van der Waals surface area contributed by atoms with Gasteiger partial charge in [-0.05, 0) is 26.0 Å². The minimum Gasteiger partial charge on any atom is -0.379 e. The topological polar surface area (TPSA) is 40.1 Å². The molecule has 0 spiro atoms. The van der Waals surface area contributed by atoms with Gasteiger partial charge in [0.1, 0.15) is 0 Å². The lowest BCUT2D eigenvalue weighted by Gasteiger charge is -2.44. The van der Waals surface area contributed by atoms with Crippen molar-refractivity contribution in [3.8, 4) is 0 Å². The van der Waals surface area contributed by atoms with Crippen LogP contribution in [0.2, 0.25) is 0 Å². The SMILES string of the molecule is CN=C(NCC1(N2CCOCC2)CCSC1)N1CCSC(C)(C)C1. The van der Waals surface area contributed by atoms with Gasteiger partial charge in [0.25, 0.3) is 0 Å². The minimum absolute atomic E-state index is 0.268. The Morgan fingerprint density at radius 1 is 1.21 bits per heavy atom. The Labute approximate surface area is 155 Å². The summed E-state index contributed by atoms with van der Waals surface area (Å²) in [6.45, 7) is 11.7. The molecule has 3 heterocycles. The van der Waals surface area contributed by atoms with Crippen LogP contribution in [0.25, 0.3) is 0 Å².